The Morgan fingerprint density at radius 1 is 1.08 bits per heavy atom. The van der Waals surface area contributed by atoms with Crippen LogP contribution in [0.5, 0.6) is 0 Å². The van der Waals surface area contributed by atoms with Gasteiger partial charge in [-0.1, -0.05) is 51.1 Å². The molecule has 6 heteroatoms. The van der Waals surface area contributed by atoms with Crippen molar-refractivity contribution in [2.45, 2.75) is 108 Å². The number of rotatable bonds is 5. The maximum Gasteiger partial charge on any atom is 0.407 e. The Balaban J connectivity index is 1.17. The molecule has 1 saturated carbocycles. The highest BCUT2D eigenvalue weighted by molar-refractivity contribution is 6.74. The molecule has 1 N–H and O–H groups in total. The Bertz CT molecular complexity index is 1020. The van der Waals surface area contributed by atoms with E-state index in [1.807, 2.05) is 0 Å². The summed E-state index contributed by atoms with van der Waals surface area (Å²) >= 11 is 0. The predicted octanol–water partition coefficient (Wildman–Crippen LogP) is 7.36. The van der Waals surface area contributed by atoms with E-state index in [-0.39, 0.29) is 10.5 Å². The van der Waals surface area contributed by atoms with E-state index in [9.17, 15) is 9.90 Å². The Hall–Kier alpha value is -1.63. The van der Waals surface area contributed by atoms with Crippen LogP contribution in [0.1, 0.15) is 89.2 Å². The molecule has 1 aromatic rings. The Morgan fingerprint density at radius 2 is 1.78 bits per heavy atom. The number of carboxylic acid groups (broad SMARTS) is 1. The monoisotopic (exact) mass is 524 g/mol. The van der Waals surface area contributed by atoms with Crippen molar-refractivity contribution in [2.24, 2.45) is 5.41 Å². The summed E-state index contributed by atoms with van der Waals surface area (Å²) in [4.78, 5) is 15.5. The van der Waals surface area contributed by atoms with E-state index in [1.54, 1.807) is 10.5 Å². The van der Waals surface area contributed by atoms with Crippen LogP contribution in [0.15, 0.2) is 30.3 Å². The molecule has 2 aliphatic heterocycles. The minimum Gasteiger partial charge on any atom is -0.465 e. The van der Waals surface area contributed by atoms with Crippen molar-refractivity contribution >= 4 is 20.0 Å². The largest absolute Gasteiger partial charge is 0.465 e. The number of hydrogen-bond acceptors (Lipinski definition) is 3. The summed E-state index contributed by atoms with van der Waals surface area (Å²) in [6.07, 6.45) is 11.5. The summed E-state index contributed by atoms with van der Waals surface area (Å²) in [5.74, 6) is 0.635. The molecular weight excluding hydrogens is 476 g/mol. The normalized spacial score (nSPS) is 27.3. The first-order chi connectivity index (χ1) is 17.5. The van der Waals surface area contributed by atoms with Crippen LogP contribution < -0.4 is 0 Å². The molecule has 5 nitrogen and oxygen atoms in total. The molecular formula is C31H48N2O3Si. The smallest absolute Gasteiger partial charge is 0.407 e. The molecule has 204 valence electrons. The third kappa shape index (κ3) is 5.57. The Labute approximate surface area is 225 Å². The third-order valence-electron chi connectivity index (χ3n) is 10.4. The predicted molar refractivity (Wildman–Crippen MR) is 154 cm³/mol. The zero-order chi connectivity index (χ0) is 26.4. The lowest BCUT2D eigenvalue weighted by Gasteiger charge is -2.47. The van der Waals surface area contributed by atoms with Crippen molar-refractivity contribution < 1.29 is 14.3 Å². The fourth-order valence-electron chi connectivity index (χ4n) is 7.15. The second-order valence-corrected chi connectivity index (χ2v) is 18.7. The number of amides is 1. The van der Waals surface area contributed by atoms with Crippen LogP contribution >= 0.6 is 0 Å². The molecule has 1 aromatic carbocycles. The number of hydrogen-bond donors (Lipinski definition) is 1. The molecule has 1 unspecified atom stereocenters. The van der Waals surface area contributed by atoms with Crippen LogP contribution in [-0.4, -0.2) is 67.6 Å². The van der Waals surface area contributed by atoms with Crippen LogP contribution in [0.3, 0.4) is 0 Å². The Kier molecular flexibility index (Phi) is 7.40. The van der Waals surface area contributed by atoms with Gasteiger partial charge in [-0.25, -0.2) is 4.79 Å². The van der Waals surface area contributed by atoms with E-state index >= 15 is 0 Å². The fraction of sp³-hybridized carbons (Fsp3) is 0.710. The molecule has 0 aromatic heterocycles. The van der Waals surface area contributed by atoms with E-state index < -0.39 is 14.4 Å². The summed E-state index contributed by atoms with van der Waals surface area (Å²) in [7, 11) is -1.73. The van der Waals surface area contributed by atoms with E-state index in [4.69, 9.17) is 4.43 Å². The van der Waals surface area contributed by atoms with Gasteiger partial charge in [0.1, 0.15) is 0 Å². The molecule has 2 saturated heterocycles. The lowest BCUT2D eigenvalue weighted by Crippen LogP contribution is -2.57. The van der Waals surface area contributed by atoms with Crippen molar-refractivity contribution in [3.63, 3.8) is 0 Å². The van der Waals surface area contributed by atoms with E-state index in [0.717, 1.165) is 32.4 Å². The second kappa shape index (κ2) is 10.2. The maximum atomic E-state index is 11.2. The first-order valence-electron chi connectivity index (χ1n) is 14.6. The van der Waals surface area contributed by atoms with Crippen LogP contribution in [0, 0.1) is 5.41 Å². The molecule has 1 spiro atoms. The molecule has 2 atom stereocenters. The summed E-state index contributed by atoms with van der Waals surface area (Å²) in [6, 6.07) is 9.82. The standard InChI is InChI=1S/C31H48N2O3Si/c1-30(2,3)37(4,5)36-26-12-10-23(11-13-26)27-8-6-7-9-28(27)24-15-18-32(19-16-24)25-14-17-31(20-25)21-33(22-31)29(34)35/h6-10,24-26H,11-22H2,1-5H3,(H,34,35)/t25-,26?/m1/s1. The number of nitrogens with zero attached hydrogens (tertiary/aromatic N) is 2. The van der Waals surface area contributed by atoms with E-state index in [0.29, 0.717) is 18.1 Å². The highest BCUT2D eigenvalue weighted by Gasteiger charge is 2.51. The molecule has 4 aliphatic rings. The summed E-state index contributed by atoms with van der Waals surface area (Å²) < 4.78 is 6.74. The number of carbonyl (C=O) groups is 1. The maximum absolute atomic E-state index is 11.2. The summed E-state index contributed by atoms with van der Waals surface area (Å²) in [5, 5.41) is 9.50. The van der Waals surface area contributed by atoms with Gasteiger partial charge in [-0.2, -0.15) is 0 Å². The third-order valence-corrected chi connectivity index (χ3v) is 15.0. The van der Waals surface area contributed by atoms with Gasteiger partial charge in [0.05, 0.1) is 0 Å². The average Bonchev–Trinajstić information content (AvgIpc) is 3.29. The van der Waals surface area contributed by atoms with Crippen LogP contribution in [0.4, 0.5) is 4.79 Å². The van der Waals surface area contributed by atoms with Crippen molar-refractivity contribution in [3.05, 3.63) is 41.5 Å². The van der Waals surface area contributed by atoms with Crippen molar-refractivity contribution in [1.82, 2.24) is 9.80 Å². The molecule has 1 amide bonds. The fourth-order valence-corrected chi connectivity index (χ4v) is 8.55. The molecule has 2 aliphatic carbocycles. The van der Waals surface area contributed by atoms with E-state index in [2.05, 4.69) is 69.1 Å². The zero-order valence-electron chi connectivity index (χ0n) is 23.8. The topological polar surface area (TPSA) is 53.0 Å². The summed E-state index contributed by atoms with van der Waals surface area (Å²) in [6.45, 7) is 15.6. The first-order valence-corrected chi connectivity index (χ1v) is 17.6. The number of likely N-dealkylation sites (tertiary alicyclic amines) is 2. The molecule has 37 heavy (non-hydrogen) atoms. The van der Waals surface area contributed by atoms with Gasteiger partial charge in [-0.3, -0.25) is 0 Å². The van der Waals surface area contributed by atoms with Gasteiger partial charge in [-0.05, 0) is 105 Å². The Morgan fingerprint density at radius 3 is 2.41 bits per heavy atom. The summed E-state index contributed by atoms with van der Waals surface area (Å²) in [5.41, 5.74) is 4.83. The van der Waals surface area contributed by atoms with Gasteiger partial charge in [0.2, 0.25) is 0 Å². The van der Waals surface area contributed by atoms with E-state index in [1.165, 1.54) is 56.3 Å². The number of benzene rings is 1. The van der Waals surface area contributed by atoms with Crippen molar-refractivity contribution in [3.8, 4) is 0 Å². The quantitative estimate of drug-likeness (QED) is 0.409. The van der Waals surface area contributed by atoms with Crippen molar-refractivity contribution in [2.75, 3.05) is 26.2 Å². The van der Waals surface area contributed by atoms with Crippen LogP contribution in [0.2, 0.25) is 18.1 Å². The van der Waals surface area contributed by atoms with Gasteiger partial charge in [0.15, 0.2) is 8.32 Å². The molecule has 0 bridgehead atoms. The van der Waals surface area contributed by atoms with Gasteiger partial charge < -0.3 is 19.3 Å². The van der Waals surface area contributed by atoms with Gasteiger partial charge >= 0.3 is 6.09 Å². The zero-order valence-corrected chi connectivity index (χ0v) is 24.8. The molecule has 3 fully saturated rings. The van der Waals surface area contributed by atoms with Crippen LogP contribution in [0.25, 0.3) is 5.57 Å². The lowest BCUT2D eigenvalue weighted by molar-refractivity contribution is 0.00814. The molecule has 5 rings (SSSR count). The van der Waals surface area contributed by atoms with Gasteiger partial charge in [0.25, 0.3) is 0 Å². The minimum atomic E-state index is -1.73. The lowest BCUT2D eigenvalue weighted by atomic mass is 9.78. The highest BCUT2D eigenvalue weighted by atomic mass is 28.4. The first kappa shape index (κ1) is 27.0. The number of piperidine rings is 1. The van der Waals surface area contributed by atoms with Gasteiger partial charge in [-0.15, -0.1) is 0 Å². The highest BCUT2D eigenvalue weighted by Crippen LogP contribution is 2.48. The molecule has 2 heterocycles. The van der Waals surface area contributed by atoms with Crippen molar-refractivity contribution in [1.29, 1.82) is 0 Å². The minimum absolute atomic E-state index is 0.258. The van der Waals surface area contributed by atoms with Gasteiger partial charge in [0, 0.05) is 30.7 Å². The van der Waals surface area contributed by atoms with Crippen LogP contribution in [-0.2, 0) is 4.43 Å². The average molecular weight is 525 g/mol. The SMILES string of the molecule is CC(C)(C)[Si](C)(C)OC1CC=C(c2ccccc2C2CCN([C@@H]3CCC4(C3)CN(C(=O)O)C4)CC2)CC1. The second-order valence-electron chi connectivity index (χ2n) is 13.9. The molecule has 0 radical (unpaired) electrons. The number of allylic oxidation sites excluding steroid dienone is 1.